The van der Waals surface area contributed by atoms with Gasteiger partial charge in [-0.25, -0.2) is 0 Å². The molecule has 10 nitrogen and oxygen atoms in total. The number of nitro groups is 1. The maximum Gasteiger partial charge on any atom is 0.272 e. The number of aromatic nitrogens is 1. The molecular weight excluding hydrogens is 385 g/mol. The van der Waals surface area contributed by atoms with Crippen molar-refractivity contribution in [1.29, 1.82) is 0 Å². The molecule has 2 rings (SSSR count). The smallest absolute Gasteiger partial charge is 0.264 e. The van der Waals surface area contributed by atoms with E-state index in [0.717, 1.165) is 0 Å². The van der Waals surface area contributed by atoms with Gasteiger partial charge in [0.1, 0.15) is 0 Å². The van der Waals surface area contributed by atoms with Crippen molar-refractivity contribution in [1.82, 2.24) is 4.98 Å². The number of carbonyl (C=O) groups is 1. The second kappa shape index (κ2) is 8.25. The second-order valence-electron chi connectivity index (χ2n) is 4.36. The number of hydrogen-bond acceptors (Lipinski definition) is 6. The van der Waals surface area contributed by atoms with E-state index in [2.05, 4.69) is 10.3 Å². The van der Waals surface area contributed by atoms with E-state index in [9.17, 15) is 23.8 Å². The number of aromatic hydroxyl groups is 1. The van der Waals surface area contributed by atoms with Crippen molar-refractivity contribution >= 4 is 35.8 Å². The third-order valence-electron chi connectivity index (χ3n) is 2.51. The zero-order valence-electron chi connectivity index (χ0n) is 12.4. The van der Waals surface area contributed by atoms with Gasteiger partial charge in [0.2, 0.25) is 0 Å². The van der Waals surface area contributed by atoms with E-state index in [-0.39, 0.29) is 21.5 Å². The Morgan fingerprint density at radius 2 is 1.83 bits per heavy atom. The SMILES string of the molecule is CC(=O)Nc1c(O)cccc1[As](=O)(O)O.O=[N+]([O-])c1ccncc1. The average molecular weight is 399 g/mol. The predicted octanol–water partition coefficient (Wildman–Crippen LogP) is -0.0986. The van der Waals surface area contributed by atoms with E-state index in [1.807, 2.05) is 0 Å². The van der Waals surface area contributed by atoms with Crippen LogP contribution in [-0.4, -0.2) is 43.3 Å². The quantitative estimate of drug-likeness (QED) is 0.241. The summed E-state index contributed by atoms with van der Waals surface area (Å²) in [6.45, 7) is 1.18. The van der Waals surface area contributed by atoms with Crippen LogP contribution in [0.3, 0.4) is 0 Å². The Hall–Kier alpha value is -2.68. The molecule has 1 heterocycles. The van der Waals surface area contributed by atoms with Gasteiger partial charge in [0.05, 0.1) is 4.92 Å². The van der Waals surface area contributed by atoms with Crippen LogP contribution in [0.2, 0.25) is 0 Å². The normalized spacial score (nSPS) is 10.3. The molecule has 0 spiro atoms. The average Bonchev–Trinajstić information content (AvgIpc) is 2.49. The fourth-order valence-electron chi connectivity index (χ4n) is 1.54. The zero-order valence-corrected chi connectivity index (χ0v) is 14.2. The van der Waals surface area contributed by atoms with Gasteiger partial charge in [-0.2, -0.15) is 0 Å². The number of amides is 1. The van der Waals surface area contributed by atoms with Gasteiger partial charge in [0.25, 0.3) is 5.69 Å². The van der Waals surface area contributed by atoms with E-state index < -0.39 is 25.0 Å². The first kappa shape index (κ1) is 19.4. The summed E-state index contributed by atoms with van der Waals surface area (Å²) in [4.78, 5) is 23.9. The zero-order chi connectivity index (χ0) is 18.3. The fraction of sp³-hybridized carbons (Fsp3) is 0.0769. The Kier molecular flexibility index (Phi) is 6.66. The predicted molar refractivity (Wildman–Crippen MR) is 83.8 cm³/mol. The Bertz CT molecular complexity index is 776. The molecule has 0 radical (unpaired) electrons. The third kappa shape index (κ3) is 5.84. The number of hydrogen-bond donors (Lipinski definition) is 4. The molecule has 1 amide bonds. The van der Waals surface area contributed by atoms with Gasteiger partial charge in [0, 0.05) is 24.5 Å². The van der Waals surface area contributed by atoms with Gasteiger partial charge < -0.3 is 0 Å². The fourth-order valence-corrected chi connectivity index (χ4v) is 3.10. The third-order valence-corrected chi connectivity index (χ3v) is 4.61. The van der Waals surface area contributed by atoms with Crippen molar-refractivity contribution in [2.45, 2.75) is 6.92 Å². The number of nitrogens with one attached hydrogen (secondary N) is 1. The summed E-state index contributed by atoms with van der Waals surface area (Å²) in [5.74, 6) is -0.880. The van der Waals surface area contributed by atoms with Gasteiger partial charge >= 0.3 is 88.1 Å². The number of carbonyl (C=O) groups excluding carboxylic acids is 1. The minimum atomic E-state index is -5.14. The Morgan fingerprint density at radius 3 is 2.25 bits per heavy atom. The number of phenolic OH excluding ortho intramolecular Hbond substituents is 1. The van der Waals surface area contributed by atoms with Crippen LogP contribution in [0.4, 0.5) is 11.4 Å². The molecule has 0 saturated carbocycles. The summed E-state index contributed by atoms with van der Waals surface area (Å²) in [5.41, 5.74) is -0.150. The molecule has 4 N–H and O–H groups in total. The second-order valence-corrected chi connectivity index (χ2v) is 7.65. The maximum atomic E-state index is 11.1. The van der Waals surface area contributed by atoms with Crippen LogP contribution in [-0.2, 0) is 8.53 Å². The molecule has 1 aromatic heterocycles. The van der Waals surface area contributed by atoms with Crippen molar-refractivity contribution in [3.8, 4) is 5.75 Å². The minimum Gasteiger partial charge on any atom is -0.264 e. The molecule has 24 heavy (non-hydrogen) atoms. The molecular formula is C13H14AsN3O7. The molecule has 128 valence electrons. The van der Waals surface area contributed by atoms with E-state index in [1.165, 1.54) is 49.6 Å². The molecule has 0 fully saturated rings. The minimum absolute atomic E-state index is 0.0741. The molecule has 0 aliphatic heterocycles. The van der Waals surface area contributed by atoms with E-state index in [4.69, 9.17) is 8.19 Å². The molecule has 0 unspecified atom stereocenters. The number of nitrogens with zero attached hydrogens (tertiary/aromatic N) is 2. The van der Waals surface area contributed by atoms with Crippen LogP contribution in [0.5, 0.6) is 5.75 Å². The van der Waals surface area contributed by atoms with Crippen LogP contribution in [0.25, 0.3) is 0 Å². The molecule has 0 atom stereocenters. The van der Waals surface area contributed by atoms with Crippen molar-refractivity contribution in [3.05, 3.63) is 52.8 Å². The number of phenols is 1. The molecule has 11 heteroatoms. The van der Waals surface area contributed by atoms with Crippen molar-refractivity contribution in [2.24, 2.45) is 0 Å². The van der Waals surface area contributed by atoms with Crippen molar-refractivity contribution in [3.63, 3.8) is 0 Å². The Balaban J connectivity index is 0.000000272. The first-order valence-electron chi connectivity index (χ1n) is 6.33. The van der Waals surface area contributed by atoms with Gasteiger partial charge in [0.15, 0.2) is 0 Å². The van der Waals surface area contributed by atoms with E-state index >= 15 is 0 Å². The number of rotatable bonds is 3. The maximum absolute atomic E-state index is 11.1. The molecule has 0 aliphatic carbocycles. The number of benzene rings is 1. The summed E-state index contributed by atoms with van der Waals surface area (Å²) in [6.07, 6.45) is 2.77. The number of anilines is 1. The molecule has 0 aliphatic rings. The summed E-state index contributed by atoms with van der Waals surface area (Å²) >= 11 is -5.14. The molecule has 1 aromatic carbocycles. The number of pyridine rings is 1. The summed E-state index contributed by atoms with van der Waals surface area (Å²) < 4.78 is 28.8. The van der Waals surface area contributed by atoms with Crippen LogP contribution >= 0.6 is 0 Å². The van der Waals surface area contributed by atoms with Gasteiger partial charge in [-0.15, -0.1) is 0 Å². The van der Waals surface area contributed by atoms with Crippen LogP contribution < -0.4 is 9.67 Å². The van der Waals surface area contributed by atoms with E-state index in [1.54, 1.807) is 0 Å². The summed E-state index contributed by atoms with van der Waals surface area (Å²) in [7, 11) is 0. The van der Waals surface area contributed by atoms with Gasteiger partial charge in [-0.1, -0.05) is 0 Å². The first-order chi connectivity index (χ1) is 11.1. The summed E-state index contributed by atoms with van der Waals surface area (Å²) in [5, 5.41) is 21.5. The topological polar surface area (TPSA) is 163 Å². The monoisotopic (exact) mass is 399 g/mol. The first-order valence-corrected chi connectivity index (χ1v) is 9.71. The molecule has 0 bridgehead atoms. The summed E-state index contributed by atoms with van der Waals surface area (Å²) in [6, 6.07) is 6.40. The molecule has 2 aromatic rings. The largest absolute Gasteiger partial charge is 0.272 e. The van der Waals surface area contributed by atoms with Crippen molar-refractivity contribution in [2.75, 3.05) is 5.32 Å². The van der Waals surface area contributed by atoms with Gasteiger partial charge in [-0.3, -0.25) is 15.1 Å². The van der Waals surface area contributed by atoms with Crippen LogP contribution in [0, 0.1) is 10.1 Å². The van der Waals surface area contributed by atoms with Gasteiger partial charge in [-0.05, 0) is 0 Å². The number of para-hydroxylation sites is 1. The van der Waals surface area contributed by atoms with E-state index in [0.29, 0.717) is 0 Å². The van der Waals surface area contributed by atoms with Crippen LogP contribution in [0.1, 0.15) is 6.92 Å². The Morgan fingerprint density at radius 1 is 1.25 bits per heavy atom. The van der Waals surface area contributed by atoms with Crippen molar-refractivity contribution < 1.29 is 26.8 Å². The van der Waals surface area contributed by atoms with Crippen LogP contribution in [0.15, 0.2) is 42.7 Å². The molecule has 0 saturated heterocycles. The Labute approximate surface area is 138 Å². The standard InChI is InChI=1S/C8H10AsNO5.C5H4N2O2/c1-5(11)10-8-6(9(13,14)15)3-2-4-7(8)12;8-7(9)5-1-3-6-4-2-5/h2-4,12H,1H3,(H,10,11)(H2,13,14,15);1-4H.